The van der Waals surface area contributed by atoms with Crippen molar-refractivity contribution in [3.05, 3.63) is 81.9 Å². The number of nitrogens with zero attached hydrogens (tertiary/aromatic N) is 2. The SMILES string of the molecule is O=C(c1ccc(-c2ccccc2Cl)o1)N1CCC(n2c(=O)[nH]c3ccccc32)CC1. The molecule has 1 fully saturated rings. The van der Waals surface area contributed by atoms with Gasteiger partial charge in [-0.1, -0.05) is 35.9 Å². The summed E-state index contributed by atoms with van der Waals surface area (Å²) in [7, 11) is 0. The lowest BCUT2D eigenvalue weighted by Gasteiger charge is -2.32. The summed E-state index contributed by atoms with van der Waals surface area (Å²) in [4.78, 5) is 30.1. The van der Waals surface area contributed by atoms with Gasteiger partial charge in [0.05, 0.1) is 16.1 Å². The van der Waals surface area contributed by atoms with E-state index in [0.717, 1.165) is 16.6 Å². The number of amides is 1. The van der Waals surface area contributed by atoms with Crippen LogP contribution in [-0.4, -0.2) is 33.4 Å². The van der Waals surface area contributed by atoms with Crippen LogP contribution in [-0.2, 0) is 0 Å². The second kappa shape index (κ2) is 7.54. The Kier molecular flexibility index (Phi) is 4.71. The van der Waals surface area contributed by atoms with Gasteiger partial charge >= 0.3 is 5.69 Å². The van der Waals surface area contributed by atoms with Gasteiger partial charge in [0.25, 0.3) is 5.91 Å². The van der Waals surface area contributed by atoms with E-state index in [-0.39, 0.29) is 17.6 Å². The molecule has 0 bridgehead atoms. The number of halogens is 1. The van der Waals surface area contributed by atoms with Crippen molar-refractivity contribution >= 4 is 28.5 Å². The molecule has 1 saturated heterocycles. The van der Waals surface area contributed by atoms with Gasteiger partial charge in [0.2, 0.25) is 0 Å². The maximum absolute atomic E-state index is 12.9. The number of imidazole rings is 1. The minimum atomic E-state index is -0.141. The maximum atomic E-state index is 12.9. The number of H-pyrrole nitrogens is 1. The van der Waals surface area contributed by atoms with Crippen LogP contribution in [0.5, 0.6) is 0 Å². The molecule has 4 aromatic rings. The van der Waals surface area contributed by atoms with Crippen LogP contribution in [0.15, 0.2) is 69.9 Å². The average Bonchev–Trinajstić information content (AvgIpc) is 3.38. The van der Waals surface area contributed by atoms with Crippen LogP contribution in [0, 0.1) is 0 Å². The Labute approximate surface area is 177 Å². The summed E-state index contributed by atoms with van der Waals surface area (Å²) >= 11 is 6.23. The van der Waals surface area contributed by atoms with E-state index in [0.29, 0.717) is 42.5 Å². The highest BCUT2D eigenvalue weighted by Gasteiger charge is 2.28. The number of carbonyl (C=O) groups is 1. The van der Waals surface area contributed by atoms with E-state index in [9.17, 15) is 9.59 Å². The molecule has 3 heterocycles. The molecule has 0 saturated carbocycles. The smallest absolute Gasteiger partial charge is 0.326 e. The molecular weight excluding hydrogens is 402 g/mol. The summed E-state index contributed by atoms with van der Waals surface area (Å²) in [6.45, 7) is 1.13. The van der Waals surface area contributed by atoms with Crippen molar-refractivity contribution < 1.29 is 9.21 Å². The molecule has 1 N–H and O–H groups in total. The molecular formula is C23H20ClN3O3. The number of hydrogen-bond donors (Lipinski definition) is 1. The maximum Gasteiger partial charge on any atom is 0.326 e. The number of para-hydroxylation sites is 2. The lowest BCUT2D eigenvalue weighted by Crippen LogP contribution is -2.40. The first-order valence-electron chi connectivity index (χ1n) is 9.95. The minimum Gasteiger partial charge on any atom is -0.451 e. The molecule has 1 aliphatic rings. The van der Waals surface area contributed by atoms with E-state index < -0.39 is 0 Å². The number of likely N-dealkylation sites (tertiary alicyclic amines) is 1. The highest BCUT2D eigenvalue weighted by atomic mass is 35.5. The topological polar surface area (TPSA) is 71.2 Å². The fourth-order valence-electron chi connectivity index (χ4n) is 4.18. The number of benzene rings is 2. The number of furan rings is 1. The minimum absolute atomic E-state index is 0.0630. The van der Waals surface area contributed by atoms with Gasteiger partial charge in [0.15, 0.2) is 5.76 Å². The lowest BCUT2D eigenvalue weighted by atomic mass is 10.0. The average molecular weight is 422 g/mol. The number of rotatable bonds is 3. The Morgan fingerprint density at radius 3 is 2.53 bits per heavy atom. The molecule has 1 amide bonds. The zero-order valence-electron chi connectivity index (χ0n) is 16.2. The molecule has 0 spiro atoms. The van der Waals surface area contributed by atoms with Crippen LogP contribution >= 0.6 is 11.6 Å². The fourth-order valence-corrected chi connectivity index (χ4v) is 4.41. The van der Waals surface area contributed by atoms with E-state index in [1.165, 1.54) is 0 Å². The second-order valence-electron chi connectivity index (χ2n) is 7.48. The zero-order valence-corrected chi connectivity index (χ0v) is 16.9. The first kappa shape index (κ1) is 18.8. The number of fused-ring (bicyclic) bond motifs is 1. The van der Waals surface area contributed by atoms with E-state index in [2.05, 4.69) is 4.98 Å². The predicted molar refractivity (Wildman–Crippen MR) is 116 cm³/mol. The monoisotopic (exact) mass is 421 g/mol. The number of hydrogen-bond acceptors (Lipinski definition) is 3. The molecule has 0 unspecified atom stereocenters. The van der Waals surface area contributed by atoms with Gasteiger partial charge in [0, 0.05) is 24.7 Å². The van der Waals surface area contributed by atoms with E-state index in [1.54, 1.807) is 23.1 Å². The van der Waals surface area contributed by atoms with Crippen molar-refractivity contribution in [2.75, 3.05) is 13.1 Å². The number of aromatic nitrogens is 2. The van der Waals surface area contributed by atoms with Crippen molar-refractivity contribution in [3.8, 4) is 11.3 Å². The van der Waals surface area contributed by atoms with Crippen molar-refractivity contribution in [3.63, 3.8) is 0 Å². The summed E-state index contributed by atoms with van der Waals surface area (Å²) in [6, 6.07) is 18.6. The molecule has 152 valence electrons. The third-order valence-electron chi connectivity index (χ3n) is 5.70. The Morgan fingerprint density at radius 2 is 1.73 bits per heavy atom. The van der Waals surface area contributed by atoms with Gasteiger partial charge in [-0.15, -0.1) is 0 Å². The predicted octanol–water partition coefficient (Wildman–Crippen LogP) is 4.72. The summed E-state index contributed by atoms with van der Waals surface area (Å²) < 4.78 is 7.62. The Morgan fingerprint density at radius 1 is 1.00 bits per heavy atom. The van der Waals surface area contributed by atoms with Gasteiger partial charge in [-0.3, -0.25) is 9.36 Å². The van der Waals surface area contributed by atoms with Gasteiger partial charge in [0.1, 0.15) is 5.76 Å². The van der Waals surface area contributed by atoms with E-state index in [4.69, 9.17) is 16.0 Å². The third kappa shape index (κ3) is 3.23. The van der Waals surface area contributed by atoms with Crippen LogP contribution in [0.4, 0.5) is 0 Å². The van der Waals surface area contributed by atoms with Crippen molar-refractivity contribution in [1.29, 1.82) is 0 Å². The van der Waals surface area contributed by atoms with Crippen molar-refractivity contribution in [1.82, 2.24) is 14.5 Å². The van der Waals surface area contributed by atoms with Crippen molar-refractivity contribution in [2.24, 2.45) is 0 Å². The normalized spacial score (nSPS) is 15.0. The third-order valence-corrected chi connectivity index (χ3v) is 6.03. The molecule has 30 heavy (non-hydrogen) atoms. The molecule has 7 heteroatoms. The lowest BCUT2D eigenvalue weighted by molar-refractivity contribution is 0.0664. The highest BCUT2D eigenvalue weighted by Crippen LogP contribution is 2.30. The largest absolute Gasteiger partial charge is 0.451 e. The quantitative estimate of drug-likeness (QED) is 0.520. The highest BCUT2D eigenvalue weighted by molar-refractivity contribution is 6.33. The molecule has 2 aromatic heterocycles. The first-order chi connectivity index (χ1) is 14.6. The molecule has 0 aliphatic carbocycles. The van der Waals surface area contributed by atoms with E-state index >= 15 is 0 Å². The fraction of sp³-hybridized carbons (Fsp3) is 0.217. The number of aromatic amines is 1. The van der Waals surface area contributed by atoms with Crippen LogP contribution in [0.3, 0.4) is 0 Å². The summed E-state index contributed by atoms with van der Waals surface area (Å²) in [5, 5.41) is 0.579. The Bertz CT molecular complexity index is 1280. The molecule has 1 aliphatic heterocycles. The number of nitrogens with one attached hydrogen (secondary N) is 1. The molecule has 6 nitrogen and oxygen atoms in total. The Balaban J connectivity index is 1.31. The summed E-state index contributed by atoms with van der Waals surface area (Å²) in [6.07, 6.45) is 1.43. The van der Waals surface area contributed by atoms with Gasteiger partial charge in [-0.25, -0.2) is 4.79 Å². The molecule has 0 atom stereocenters. The van der Waals surface area contributed by atoms with Gasteiger partial charge < -0.3 is 14.3 Å². The van der Waals surface area contributed by atoms with Crippen molar-refractivity contribution in [2.45, 2.75) is 18.9 Å². The molecule has 2 aromatic carbocycles. The van der Waals surface area contributed by atoms with Gasteiger partial charge in [-0.05, 0) is 49.2 Å². The molecule has 0 radical (unpaired) electrons. The van der Waals surface area contributed by atoms with Gasteiger partial charge in [-0.2, -0.15) is 0 Å². The van der Waals surface area contributed by atoms with Crippen LogP contribution in [0.2, 0.25) is 5.02 Å². The second-order valence-corrected chi connectivity index (χ2v) is 7.89. The summed E-state index contributed by atoms with van der Waals surface area (Å²) in [5.74, 6) is 0.731. The van der Waals surface area contributed by atoms with Crippen LogP contribution in [0.25, 0.3) is 22.4 Å². The number of piperidine rings is 1. The Hall–Kier alpha value is -3.25. The zero-order chi connectivity index (χ0) is 20.7. The standard InChI is InChI=1S/C23H20ClN3O3/c24-17-6-2-1-5-16(17)20-9-10-21(30-20)22(28)26-13-11-15(12-14-26)27-19-8-4-3-7-18(19)25-23(27)29/h1-10,15H,11-14H2,(H,25,29). The first-order valence-corrected chi connectivity index (χ1v) is 10.3. The summed E-state index contributed by atoms with van der Waals surface area (Å²) in [5.41, 5.74) is 2.40. The number of carbonyl (C=O) groups excluding carboxylic acids is 1. The van der Waals surface area contributed by atoms with Crippen LogP contribution in [0.1, 0.15) is 29.4 Å². The van der Waals surface area contributed by atoms with Crippen LogP contribution < -0.4 is 5.69 Å². The molecule has 5 rings (SSSR count). The van der Waals surface area contributed by atoms with E-state index in [1.807, 2.05) is 47.0 Å².